The van der Waals surface area contributed by atoms with E-state index in [1.54, 1.807) is 48.5 Å². The van der Waals surface area contributed by atoms with Crippen LogP contribution in [0.25, 0.3) is 11.2 Å². The molecule has 0 aliphatic carbocycles. The van der Waals surface area contributed by atoms with Gasteiger partial charge in [0.15, 0.2) is 17.7 Å². The number of benzene rings is 2. The van der Waals surface area contributed by atoms with E-state index < -0.39 is 65.2 Å². The molecule has 5 rings (SSSR count). The van der Waals surface area contributed by atoms with Gasteiger partial charge in [0.25, 0.3) is 0 Å². The van der Waals surface area contributed by atoms with Crippen LogP contribution >= 0.6 is 27.2 Å². The number of rotatable bonds is 13. The number of carbonyl (C=O) groups is 1. The first-order valence-electron chi connectivity index (χ1n) is 14.0. The first-order valence-corrected chi connectivity index (χ1v) is 17.4. The van der Waals surface area contributed by atoms with E-state index in [9.17, 15) is 23.9 Å². The number of aromatic nitrogens is 4. The van der Waals surface area contributed by atoms with Crippen LogP contribution in [0.1, 0.15) is 25.1 Å². The molecule has 7 atom stereocenters. The molecule has 1 aliphatic heterocycles. The second kappa shape index (κ2) is 14.7. The second-order valence-corrected chi connectivity index (χ2v) is 13.9. The Bertz CT molecular complexity index is 1790. The van der Waals surface area contributed by atoms with Gasteiger partial charge in [-0.2, -0.15) is 19.4 Å². The first kappa shape index (κ1) is 34.8. The Morgan fingerprint density at radius 2 is 1.87 bits per heavy atom. The van der Waals surface area contributed by atoms with Crippen LogP contribution in [0, 0.1) is 0 Å². The molecule has 0 saturated carbocycles. The number of para-hydroxylation sites is 1. The number of hydrogen-bond acceptors (Lipinski definition) is 13. The highest BCUT2D eigenvalue weighted by Crippen LogP contribution is 2.60. The van der Waals surface area contributed by atoms with Gasteiger partial charge in [-0.25, -0.2) is 18.5 Å². The molecule has 1 aliphatic rings. The summed E-state index contributed by atoms with van der Waals surface area (Å²) in [6.07, 6.45) is -5.38. The Morgan fingerprint density at radius 3 is 2.57 bits per heavy atom. The van der Waals surface area contributed by atoms with Crippen LogP contribution in [0.15, 0.2) is 67.0 Å². The van der Waals surface area contributed by atoms with Crippen molar-refractivity contribution in [3.8, 4) is 5.75 Å². The lowest BCUT2D eigenvalue weighted by Gasteiger charge is -2.36. The summed E-state index contributed by atoms with van der Waals surface area (Å²) in [7, 11) is -10.2. The van der Waals surface area contributed by atoms with Crippen LogP contribution < -0.4 is 15.3 Å². The molecule has 2 aromatic carbocycles. The fourth-order valence-electron chi connectivity index (χ4n) is 4.50. The molecule has 0 bridgehead atoms. The Kier molecular flexibility index (Phi) is 10.9. The van der Waals surface area contributed by atoms with Gasteiger partial charge in [-0.3, -0.25) is 13.9 Å². The lowest BCUT2D eigenvalue weighted by atomic mass is 10.0. The maximum Gasteiger partial charge on any atom is 0.481 e. The molecule has 20 heteroatoms. The van der Waals surface area contributed by atoms with E-state index >= 15 is 4.39 Å². The molecular formula is C27H30ClFN6O10P2. The molecule has 2 aromatic heterocycles. The lowest BCUT2D eigenvalue weighted by Crippen LogP contribution is -2.45. The summed E-state index contributed by atoms with van der Waals surface area (Å²) in [6.45, 7) is 0.361. The number of phosphoric ester groups is 1. The maximum absolute atomic E-state index is 15.1. The van der Waals surface area contributed by atoms with Crippen LogP contribution in [0.2, 0.25) is 5.28 Å². The minimum absolute atomic E-state index is 0.0341. The average molecular weight is 715 g/mol. The number of nitrogens with two attached hydrogens (primary N) is 1. The SMILES string of the molecule is C[C@H](NP(=O)(Oc1ccccc1)OP(=O)(O)OC[C@H]1O[C@@H](n2cnc3c(N)nc(Cl)nc32)C(F)C[C@H]1O)C(=O)OCc1ccccc1. The molecule has 1 fully saturated rings. The van der Waals surface area contributed by atoms with Crippen molar-refractivity contribution in [2.75, 3.05) is 12.3 Å². The number of anilines is 1. The fourth-order valence-corrected chi connectivity index (χ4v) is 7.63. The number of halogens is 2. The highest BCUT2D eigenvalue weighted by atomic mass is 35.5. The van der Waals surface area contributed by atoms with Crippen LogP contribution in [0.3, 0.4) is 0 Å². The smallest absolute Gasteiger partial charge is 0.460 e. The van der Waals surface area contributed by atoms with Gasteiger partial charge in [0.1, 0.15) is 36.2 Å². The highest BCUT2D eigenvalue weighted by Gasteiger charge is 2.44. The molecule has 0 radical (unpaired) electrons. The molecule has 4 aromatic rings. The van der Waals surface area contributed by atoms with Gasteiger partial charge >= 0.3 is 21.5 Å². The van der Waals surface area contributed by atoms with E-state index in [1.807, 2.05) is 0 Å². The number of alkyl halides is 1. The number of nitrogens with one attached hydrogen (secondary N) is 1. The number of hydrogen-bond donors (Lipinski definition) is 4. The fraction of sp³-hybridized carbons (Fsp3) is 0.333. The number of aliphatic hydroxyl groups is 1. The van der Waals surface area contributed by atoms with Crippen LogP contribution in [-0.2, 0) is 38.8 Å². The van der Waals surface area contributed by atoms with E-state index in [0.29, 0.717) is 5.56 Å². The summed E-state index contributed by atoms with van der Waals surface area (Å²) in [4.78, 5) is 35.1. The largest absolute Gasteiger partial charge is 0.481 e. The van der Waals surface area contributed by atoms with Crippen molar-refractivity contribution in [3.05, 3.63) is 77.8 Å². The Labute approximate surface area is 272 Å². The molecule has 16 nitrogen and oxygen atoms in total. The van der Waals surface area contributed by atoms with Crippen molar-refractivity contribution in [1.29, 1.82) is 0 Å². The molecule has 3 heterocycles. The molecule has 0 amide bonds. The normalized spacial score (nSPS) is 23.0. The lowest BCUT2D eigenvalue weighted by molar-refractivity contribution is -0.187. The zero-order valence-corrected chi connectivity index (χ0v) is 27.1. The molecular weight excluding hydrogens is 685 g/mol. The van der Waals surface area contributed by atoms with Crippen LogP contribution in [-0.4, -0.2) is 66.5 Å². The van der Waals surface area contributed by atoms with E-state index in [0.717, 1.165) is 0 Å². The van der Waals surface area contributed by atoms with Gasteiger partial charge in [-0.1, -0.05) is 48.5 Å². The number of imidazole rings is 1. The number of esters is 1. The molecule has 47 heavy (non-hydrogen) atoms. The topological polar surface area (TPSA) is 219 Å². The Balaban J connectivity index is 1.27. The van der Waals surface area contributed by atoms with E-state index in [4.69, 9.17) is 40.2 Å². The van der Waals surface area contributed by atoms with Gasteiger partial charge in [0.2, 0.25) is 5.28 Å². The minimum Gasteiger partial charge on any atom is -0.460 e. The predicted octanol–water partition coefficient (Wildman–Crippen LogP) is 4.09. The quantitative estimate of drug-likeness (QED) is 0.0870. The van der Waals surface area contributed by atoms with E-state index in [2.05, 4.69) is 20.0 Å². The van der Waals surface area contributed by atoms with Crippen molar-refractivity contribution < 1.29 is 51.1 Å². The molecule has 5 N–H and O–H groups in total. The number of aliphatic hydroxyl groups excluding tert-OH is 1. The van der Waals surface area contributed by atoms with Gasteiger partial charge in [0.05, 0.1) is 19.0 Å². The Hall–Kier alpha value is -3.50. The monoisotopic (exact) mass is 714 g/mol. The maximum atomic E-state index is 15.1. The van der Waals surface area contributed by atoms with Crippen LogP contribution in [0.5, 0.6) is 5.75 Å². The second-order valence-electron chi connectivity index (χ2n) is 10.3. The van der Waals surface area contributed by atoms with Gasteiger partial charge < -0.3 is 29.7 Å². The van der Waals surface area contributed by atoms with Crippen molar-refractivity contribution >= 4 is 50.1 Å². The number of ether oxygens (including phenoxy) is 2. The van der Waals surface area contributed by atoms with Crippen LogP contribution in [0.4, 0.5) is 10.2 Å². The molecule has 3 unspecified atom stereocenters. The standard InChI is InChI=1S/C27H30ClFN6O10P2/c1-16(26(37)41-13-17-8-4-2-5-9-17)34-46(38,44-18-10-6-3-7-11-18)45-47(39,40)42-14-21-20(36)12-19(29)25(43-21)35-15-31-22-23(30)32-27(28)33-24(22)35/h2-11,15-16,19-21,25,36H,12-14H2,1H3,(H,34,38)(H,39,40)(H2,30,32,33)/t16-,19?,20+,21+,25+,46?/m0/s1. The number of nitrogen functional groups attached to an aromatic ring is 1. The van der Waals surface area contributed by atoms with Crippen molar-refractivity contribution in [1.82, 2.24) is 24.6 Å². The highest BCUT2D eigenvalue weighted by molar-refractivity contribution is 7.63. The summed E-state index contributed by atoms with van der Waals surface area (Å²) in [5.41, 5.74) is 6.68. The first-order chi connectivity index (χ1) is 22.3. The number of fused-ring (bicyclic) bond motifs is 1. The van der Waals surface area contributed by atoms with E-state index in [-0.39, 0.29) is 34.6 Å². The van der Waals surface area contributed by atoms with Gasteiger partial charge in [-0.15, -0.1) is 0 Å². The number of nitrogens with zero attached hydrogens (tertiary/aromatic N) is 4. The van der Waals surface area contributed by atoms with E-state index in [1.165, 1.54) is 30.0 Å². The molecule has 1 saturated heterocycles. The van der Waals surface area contributed by atoms with Crippen molar-refractivity contribution in [2.45, 2.75) is 50.6 Å². The molecule has 0 spiro atoms. The zero-order chi connectivity index (χ0) is 33.8. The van der Waals surface area contributed by atoms with Gasteiger partial charge in [-0.05, 0) is 36.2 Å². The summed E-state index contributed by atoms with van der Waals surface area (Å²) < 4.78 is 69.5. The third-order valence-electron chi connectivity index (χ3n) is 6.73. The zero-order valence-electron chi connectivity index (χ0n) is 24.5. The number of carbonyl (C=O) groups excluding carboxylic acids is 1. The summed E-state index contributed by atoms with van der Waals surface area (Å²) in [5.74, 6) is -0.958. The van der Waals surface area contributed by atoms with Gasteiger partial charge in [0, 0.05) is 6.42 Å². The third-order valence-corrected chi connectivity index (χ3v) is 10.2. The molecule has 252 valence electrons. The third kappa shape index (κ3) is 8.90. The Morgan fingerprint density at radius 1 is 1.19 bits per heavy atom. The average Bonchev–Trinajstić information content (AvgIpc) is 3.44. The van der Waals surface area contributed by atoms with Crippen molar-refractivity contribution in [3.63, 3.8) is 0 Å². The summed E-state index contributed by atoms with van der Waals surface area (Å²) in [5, 5.41) is 12.6. The summed E-state index contributed by atoms with van der Waals surface area (Å²) >= 11 is 5.90. The van der Waals surface area contributed by atoms with Crippen molar-refractivity contribution in [2.24, 2.45) is 0 Å². The summed E-state index contributed by atoms with van der Waals surface area (Å²) in [6, 6.07) is 14.9. The minimum atomic E-state index is -5.30. The number of phosphoric acid groups is 1. The predicted molar refractivity (Wildman–Crippen MR) is 165 cm³/mol.